The van der Waals surface area contributed by atoms with Crippen molar-refractivity contribution in [1.29, 1.82) is 0 Å². The lowest BCUT2D eigenvalue weighted by Crippen LogP contribution is -2.31. The highest BCUT2D eigenvalue weighted by Gasteiger charge is 2.15. The van der Waals surface area contributed by atoms with Gasteiger partial charge in [-0.1, -0.05) is 11.8 Å². The Morgan fingerprint density at radius 2 is 2.29 bits per heavy atom. The van der Waals surface area contributed by atoms with Crippen molar-refractivity contribution in [2.45, 2.75) is 24.3 Å². The second-order valence-electron chi connectivity index (χ2n) is 3.34. The predicted molar refractivity (Wildman–Crippen MR) is 57.1 cm³/mol. The molecule has 7 heteroatoms. The molecule has 2 heterocycles. The summed E-state index contributed by atoms with van der Waals surface area (Å²) < 4.78 is 10.4. The van der Waals surface area contributed by atoms with Gasteiger partial charge in [0.15, 0.2) is 0 Å². The van der Waals surface area contributed by atoms with Crippen molar-refractivity contribution in [1.82, 2.24) is 10.2 Å². The number of carboxylic acid groups (broad SMARTS) is 1. The number of rotatable bonds is 4. The molecule has 0 aromatic carbocycles. The molecular formula is C10H9N2O4S-. The lowest BCUT2D eigenvalue weighted by atomic mass is 10.3. The number of carbonyl (C=O) groups is 1. The van der Waals surface area contributed by atoms with E-state index in [0.29, 0.717) is 17.2 Å². The first-order valence-electron chi connectivity index (χ1n) is 4.83. The Morgan fingerprint density at radius 3 is 2.88 bits per heavy atom. The highest BCUT2D eigenvalue weighted by Crippen LogP contribution is 2.27. The van der Waals surface area contributed by atoms with Gasteiger partial charge in [0.2, 0.25) is 0 Å². The molecule has 6 nitrogen and oxygen atoms in total. The second kappa shape index (κ2) is 4.62. The summed E-state index contributed by atoms with van der Waals surface area (Å²) in [6, 6.07) is 1.71. The van der Waals surface area contributed by atoms with Crippen molar-refractivity contribution in [2.75, 3.05) is 0 Å². The molecule has 2 aromatic heterocycles. The average molecular weight is 253 g/mol. The van der Waals surface area contributed by atoms with Gasteiger partial charge in [-0.3, -0.25) is 0 Å². The van der Waals surface area contributed by atoms with E-state index in [4.69, 9.17) is 8.83 Å². The van der Waals surface area contributed by atoms with E-state index in [1.165, 1.54) is 13.2 Å². The minimum Gasteiger partial charge on any atom is -0.549 e. The molecule has 0 aliphatic heterocycles. The van der Waals surface area contributed by atoms with Crippen LogP contribution in [0.2, 0.25) is 0 Å². The molecule has 0 fully saturated rings. The standard InChI is InChI=1S/C10H10N2O4S/c1-5-7(3-4-15-5)8-11-12-10(16-8)17-6(2)9(13)14/h3-4,6H,1-2H3,(H,13,14)/p-1/t6-/m0/s1. The van der Waals surface area contributed by atoms with Crippen molar-refractivity contribution >= 4 is 17.7 Å². The summed E-state index contributed by atoms with van der Waals surface area (Å²) in [5, 5.41) is 17.6. The van der Waals surface area contributed by atoms with E-state index in [1.54, 1.807) is 13.0 Å². The third-order valence-electron chi connectivity index (χ3n) is 2.11. The van der Waals surface area contributed by atoms with Crippen LogP contribution in [0.15, 0.2) is 26.4 Å². The van der Waals surface area contributed by atoms with Crippen molar-refractivity contribution in [3.8, 4) is 11.5 Å². The maximum Gasteiger partial charge on any atom is 0.277 e. The van der Waals surface area contributed by atoms with E-state index in [1.807, 2.05) is 0 Å². The average Bonchev–Trinajstić information content (AvgIpc) is 2.86. The van der Waals surface area contributed by atoms with Crippen molar-refractivity contribution in [3.05, 3.63) is 18.1 Å². The van der Waals surface area contributed by atoms with Crippen molar-refractivity contribution in [3.63, 3.8) is 0 Å². The number of furan rings is 1. The van der Waals surface area contributed by atoms with E-state index < -0.39 is 11.2 Å². The number of aromatic nitrogens is 2. The molecular weight excluding hydrogens is 244 g/mol. The third kappa shape index (κ3) is 2.50. The maximum absolute atomic E-state index is 10.6. The zero-order valence-electron chi connectivity index (χ0n) is 9.17. The molecule has 2 aromatic rings. The molecule has 0 bridgehead atoms. The molecule has 0 N–H and O–H groups in total. The summed E-state index contributed by atoms with van der Waals surface area (Å²) >= 11 is 0.943. The fourth-order valence-corrected chi connectivity index (χ4v) is 1.79. The van der Waals surface area contributed by atoms with Gasteiger partial charge in [-0.25, -0.2) is 0 Å². The molecule has 17 heavy (non-hydrogen) atoms. The van der Waals surface area contributed by atoms with Crippen LogP contribution in [0, 0.1) is 6.92 Å². The Labute approximate surface area is 101 Å². The number of aliphatic carboxylic acids is 1. The van der Waals surface area contributed by atoms with Crippen LogP contribution in [0.5, 0.6) is 0 Å². The molecule has 0 amide bonds. The zero-order chi connectivity index (χ0) is 12.4. The largest absolute Gasteiger partial charge is 0.549 e. The number of thioether (sulfide) groups is 1. The summed E-state index contributed by atoms with van der Waals surface area (Å²) in [4.78, 5) is 10.6. The van der Waals surface area contributed by atoms with Gasteiger partial charge in [-0.2, -0.15) is 0 Å². The third-order valence-corrected chi connectivity index (χ3v) is 3.02. The van der Waals surface area contributed by atoms with Crippen LogP contribution in [0.4, 0.5) is 0 Å². The van der Waals surface area contributed by atoms with E-state index in [-0.39, 0.29) is 5.22 Å². The molecule has 0 saturated heterocycles. The number of carbonyl (C=O) groups excluding carboxylic acids is 1. The monoisotopic (exact) mass is 253 g/mol. The Bertz CT molecular complexity index is 534. The van der Waals surface area contributed by atoms with Crippen LogP contribution in [-0.2, 0) is 4.79 Å². The van der Waals surface area contributed by atoms with Crippen molar-refractivity contribution < 1.29 is 18.7 Å². The van der Waals surface area contributed by atoms with E-state index in [0.717, 1.165) is 11.8 Å². The fraction of sp³-hybridized carbons (Fsp3) is 0.300. The first-order valence-corrected chi connectivity index (χ1v) is 5.71. The van der Waals surface area contributed by atoms with Gasteiger partial charge in [-0.15, -0.1) is 10.2 Å². The van der Waals surface area contributed by atoms with Crippen LogP contribution < -0.4 is 5.11 Å². The second-order valence-corrected chi connectivity index (χ2v) is 4.63. The molecule has 0 aliphatic carbocycles. The summed E-state index contributed by atoms with van der Waals surface area (Å²) in [6.45, 7) is 3.27. The van der Waals surface area contributed by atoms with Crippen LogP contribution in [0.25, 0.3) is 11.5 Å². The molecule has 0 spiro atoms. The zero-order valence-corrected chi connectivity index (χ0v) is 9.98. The molecule has 0 unspecified atom stereocenters. The summed E-state index contributed by atoms with van der Waals surface area (Å²) in [5.41, 5.74) is 0.699. The smallest absolute Gasteiger partial charge is 0.277 e. The van der Waals surface area contributed by atoms with Gasteiger partial charge < -0.3 is 18.7 Å². The molecule has 1 atom stereocenters. The summed E-state index contributed by atoms with van der Waals surface area (Å²) in [6.07, 6.45) is 1.52. The molecule has 90 valence electrons. The van der Waals surface area contributed by atoms with Crippen molar-refractivity contribution in [2.24, 2.45) is 0 Å². The molecule has 0 radical (unpaired) electrons. The Balaban J connectivity index is 2.17. The Hall–Kier alpha value is -1.76. The van der Waals surface area contributed by atoms with Crippen LogP contribution >= 0.6 is 11.8 Å². The van der Waals surface area contributed by atoms with E-state index in [9.17, 15) is 9.90 Å². The van der Waals surface area contributed by atoms with Crippen LogP contribution in [0.3, 0.4) is 0 Å². The minimum absolute atomic E-state index is 0.192. The van der Waals surface area contributed by atoms with Crippen LogP contribution in [0.1, 0.15) is 12.7 Å². The summed E-state index contributed by atoms with van der Waals surface area (Å²) in [5.74, 6) is -0.198. The highest BCUT2D eigenvalue weighted by atomic mass is 32.2. The first kappa shape index (κ1) is 11.7. The lowest BCUT2D eigenvalue weighted by Gasteiger charge is -2.07. The topological polar surface area (TPSA) is 92.2 Å². The fourth-order valence-electron chi connectivity index (χ4n) is 1.17. The van der Waals surface area contributed by atoms with Gasteiger partial charge in [0.25, 0.3) is 11.1 Å². The number of carboxylic acids is 1. The Kier molecular flexibility index (Phi) is 3.19. The number of hydrogen-bond donors (Lipinski definition) is 0. The van der Waals surface area contributed by atoms with Crippen LogP contribution in [-0.4, -0.2) is 21.4 Å². The normalized spacial score (nSPS) is 12.6. The van der Waals surface area contributed by atoms with E-state index in [2.05, 4.69) is 10.2 Å². The Morgan fingerprint density at radius 1 is 1.53 bits per heavy atom. The van der Waals surface area contributed by atoms with Gasteiger partial charge in [0.05, 0.1) is 23.0 Å². The lowest BCUT2D eigenvalue weighted by molar-refractivity contribution is -0.304. The van der Waals surface area contributed by atoms with E-state index >= 15 is 0 Å². The predicted octanol–water partition coefficient (Wildman–Crippen LogP) is 0.869. The molecule has 0 aliphatic rings. The SMILES string of the molecule is Cc1occc1-c1nnc(S[C@@H](C)C(=O)[O-])o1. The maximum atomic E-state index is 10.6. The van der Waals surface area contributed by atoms with Gasteiger partial charge in [0, 0.05) is 0 Å². The van der Waals surface area contributed by atoms with Gasteiger partial charge in [-0.05, 0) is 19.9 Å². The quantitative estimate of drug-likeness (QED) is 0.746. The highest BCUT2D eigenvalue weighted by molar-refractivity contribution is 8.00. The van der Waals surface area contributed by atoms with Gasteiger partial charge in [0.1, 0.15) is 5.76 Å². The summed E-state index contributed by atoms with van der Waals surface area (Å²) in [7, 11) is 0. The molecule has 2 rings (SSSR count). The number of nitrogens with zero attached hydrogens (tertiary/aromatic N) is 2. The van der Waals surface area contributed by atoms with Gasteiger partial charge >= 0.3 is 0 Å². The molecule has 0 saturated carbocycles. The first-order chi connectivity index (χ1) is 8.08. The minimum atomic E-state index is -1.17. The number of hydrogen-bond acceptors (Lipinski definition) is 7. The number of aryl methyl sites for hydroxylation is 1.